The summed E-state index contributed by atoms with van der Waals surface area (Å²) in [6.07, 6.45) is 9.44. The second-order valence-corrected chi connectivity index (χ2v) is 9.94. The predicted octanol–water partition coefficient (Wildman–Crippen LogP) is 6.60. The molecule has 0 bridgehead atoms. The molecule has 0 saturated heterocycles. The second kappa shape index (κ2) is 16.8. The third-order valence-corrected chi connectivity index (χ3v) is 7.32. The number of unbranched alkanes of at least 4 members (excludes halogenated alkanes) is 1. The van der Waals surface area contributed by atoms with Crippen LogP contribution in [0.4, 0.5) is 0 Å². The van der Waals surface area contributed by atoms with Gasteiger partial charge in [-0.15, -0.1) is 49.6 Å². The Labute approximate surface area is 247 Å². The third kappa shape index (κ3) is 8.72. The molecule has 0 radical (unpaired) electrons. The summed E-state index contributed by atoms with van der Waals surface area (Å²) in [5, 5.41) is 7.35. The summed E-state index contributed by atoms with van der Waals surface area (Å²) >= 11 is 0. The van der Waals surface area contributed by atoms with Crippen LogP contribution < -0.4 is 10.6 Å². The molecule has 1 aliphatic heterocycles. The average Bonchev–Trinajstić information content (AvgIpc) is 3.22. The number of benzene rings is 1. The molecule has 0 atom stereocenters. The van der Waals surface area contributed by atoms with Crippen LogP contribution in [0.25, 0.3) is 16.9 Å². The van der Waals surface area contributed by atoms with Gasteiger partial charge in [-0.25, -0.2) is 4.98 Å². The number of nitrogens with zero attached hydrogens (tertiary/aromatic N) is 3. The van der Waals surface area contributed by atoms with Gasteiger partial charge in [0.2, 0.25) is 0 Å². The van der Waals surface area contributed by atoms with Crippen LogP contribution in [-0.2, 0) is 13.1 Å². The van der Waals surface area contributed by atoms with E-state index in [2.05, 4.69) is 69.3 Å². The Morgan fingerprint density at radius 2 is 1.59 bits per heavy atom. The van der Waals surface area contributed by atoms with Gasteiger partial charge in [-0.3, -0.25) is 9.30 Å². The zero-order chi connectivity index (χ0) is 22.5. The normalized spacial score (nSPS) is 15.3. The van der Waals surface area contributed by atoms with Crippen LogP contribution in [0.1, 0.15) is 61.9 Å². The van der Waals surface area contributed by atoms with Gasteiger partial charge in [-0.1, -0.05) is 55.2 Å². The largest absolute Gasteiger partial charge is 0.315 e. The van der Waals surface area contributed by atoms with Crippen molar-refractivity contribution >= 4 is 55.3 Å². The molecule has 0 spiro atoms. The maximum absolute atomic E-state index is 5.01. The van der Waals surface area contributed by atoms with Crippen molar-refractivity contribution in [2.45, 2.75) is 71.0 Å². The first-order chi connectivity index (χ1) is 16.3. The first-order valence-corrected chi connectivity index (χ1v) is 13.0. The van der Waals surface area contributed by atoms with E-state index in [4.69, 9.17) is 4.98 Å². The van der Waals surface area contributed by atoms with Crippen LogP contribution in [0.3, 0.4) is 0 Å². The maximum Gasteiger partial charge on any atom is 0.137 e. The fourth-order valence-electron chi connectivity index (χ4n) is 5.47. The molecule has 2 aromatic heterocycles. The van der Waals surface area contributed by atoms with E-state index in [1.165, 1.54) is 67.5 Å². The van der Waals surface area contributed by atoms with E-state index in [-0.39, 0.29) is 49.6 Å². The Morgan fingerprint density at radius 1 is 0.838 bits per heavy atom. The van der Waals surface area contributed by atoms with Crippen LogP contribution in [0.5, 0.6) is 0 Å². The molecule has 1 aromatic carbocycles. The number of hydrogen-bond acceptors (Lipinski definition) is 4. The minimum Gasteiger partial charge on any atom is -0.315 e. The summed E-state index contributed by atoms with van der Waals surface area (Å²) in [6.45, 7) is 8.56. The molecule has 0 amide bonds. The number of hydrogen-bond donors (Lipinski definition) is 2. The summed E-state index contributed by atoms with van der Waals surface area (Å²) in [5.74, 6) is 0. The van der Waals surface area contributed by atoms with E-state index in [1.54, 1.807) is 0 Å². The Kier molecular flexibility index (Phi) is 15.4. The Balaban J connectivity index is 0.00000171. The van der Waals surface area contributed by atoms with E-state index < -0.39 is 0 Å². The summed E-state index contributed by atoms with van der Waals surface area (Å²) in [7, 11) is 0. The number of nitrogens with one attached hydrogen (secondary N) is 2. The van der Waals surface area contributed by atoms with E-state index in [0.717, 1.165) is 56.7 Å². The molecule has 9 heteroatoms. The Morgan fingerprint density at radius 3 is 2.35 bits per heavy atom. The van der Waals surface area contributed by atoms with Crippen LogP contribution in [-0.4, -0.2) is 46.5 Å². The molecule has 208 valence electrons. The highest BCUT2D eigenvalue weighted by Crippen LogP contribution is 2.30. The lowest BCUT2D eigenvalue weighted by Crippen LogP contribution is -2.36. The summed E-state index contributed by atoms with van der Waals surface area (Å²) in [5.41, 5.74) is 7.41. The smallest absolute Gasteiger partial charge is 0.137 e. The lowest BCUT2D eigenvalue weighted by Gasteiger charge is -2.28. The monoisotopic (exact) mass is 589 g/mol. The molecule has 37 heavy (non-hydrogen) atoms. The SMILES string of the molecule is Cc1ccc(-c2nc3cccc4n3c2CN(CCCCNCCNC2CCCCC2)C4)cc1.Cl.Cl.Cl.Cl. The minimum atomic E-state index is 0. The van der Waals surface area contributed by atoms with Crippen LogP contribution in [0.15, 0.2) is 42.5 Å². The molecule has 5 rings (SSSR count). The highest BCUT2D eigenvalue weighted by molar-refractivity contribution is 5.86. The molecule has 1 aliphatic carbocycles. The second-order valence-electron chi connectivity index (χ2n) is 9.94. The van der Waals surface area contributed by atoms with Crippen LogP contribution in [0, 0.1) is 6.92 Å². The van der Waals surface area contributed by atoms with Gasteiger partial charge in [-0.05, 0) is 57.8 Å². The quantitative estimate of drug-likeness (QED) is 0.261. The zero-order valence-electron chi connectivity index (χ0n) is 21.8. The number of imidazole rings is 1. The highest BCUT2D eigenvalue weighted by atomic mass is 35.5. The third-order valence-electron chi connectivity index (χ3n) is 7.32. The van der Waals surface area contributed by atoms with Gasteiger partial charge in [0.1, 0.15) is 5.65 Å². The molecule has 2 N–H and O–H groups in total. The van der Waals surface area contributed by atoms with Gasteiger partial charge in [-0.2, -0.15) is 0 Å². The lowest BCUT2D eigenvalue weighted by atomic mass is 9.95. The number of aryl methyl sites for hydroxylation is 1. The molecule has 1 saturated carbocycles. The van der Waals surface area contributed by atoms with E-state index in [9.17, 15) is 0 Å². The van der Waals surface area contributed by atoms with Gasteiger partial charge in [0.05, 0.1) is 11.4 Å². The predicted molar refractivity (Wildman–Crippen MR) is 165 cm³/mol. The number of aromatic nitrogens is 2. The molecular formula is C28H43Cl4N5. The number of halogens is 4. The van der Waals surface area contributed by atoms with Crippen LogP contribution >= 0.6 is 49.6 Å². The van der Waals surface area contributed by atoms with Gasteiger partial charge < -0.3 is 10.6 Å². The highest BCUT2D eigenvalue weighted by Gasteiger charge is 2.23. The summed E-state index contributed by atoms with van der Waals surface area (Å²) < 4.78 is 2.38. The van der Waals surface area contributed by atoms with Gasteiger partial charge in [0.15, 0.2) is 0 Å². The number of pyridine rings is 1. The molecular weight excluding hydrogens is 548 g/mol. The fraction of sp³-hybridized carbons (Fsp3) is 0.536. The molecule has 1 fully saturated rings. The van der Waals surface area contributed by atoms with Crippen molar-refractivity contribution in [3.05, 3.63) is 59.4 Å². The molecule has 2 aliphatic rings. The van der Waals surface area contributed by atoms with E-state index >= 15 is 0 Å². The van der Waals surface area contributed by atoms with Crippen LogP contribution in [0.2, 0.25) is 0 Å². The van der Waals surface area contributed by atoms with Crippen molar-refractivity contribution in [3.63, 3.8) is 0 Å². The molecule has 3 heterocycles. The summed E-state index contributed by atoms with van der Waals surface area (Å²) in [4.78, 5) is 7.60. The van der Waals surface area contributed by atoms with Gasteiger partial charge >= 0.3 is 0 Å². The lowest BCUT2D eigenvalue weighted by molar-refractivity contribution is 0.230. The number of rotatable bonds is 10. The minimum absolute atomic E-state index is 0. The van der Waals surface area contributed by atoms with Crippen molar-refractivity contribution in [3.8, 4) is 11.3 Å². The van der Waals surface area contributed by atoms with Crippen molar-refractivity contribution < 1.29 is 0 Å². The fourth-order valence-corrected chi connectivity index (χ4v) is 5.47. The summed E-state index contributed by atoms with van der Waals surface area (Å²) in [6, 6.07) is 16.1. The average molecular weight is 591 g/mol. The molecule has 5 nitrogen and oxygen atoms in total. The van der Waals surface area contributed by atoms with Crippen molar-refractivity contribution in [1.82, 2.24) is 24.9 Å². The zero-order valence-corrected chi connectivity index (χ0v) is 25.1. The van der Waals surface area contributed by atoms with Crippen molar-refractivity contribution in [1.29, 1.82) is 0 Å². The topological polar surface area (TPSA) is 44.6 Å². The van der Waals surface area contributed by atoms with E-state index in [1.807, 2.05) is 0 Å². The maximum atomic E-state index is 5.01. The molecule has 0 unspecified atom stereocenters. The van der Waals surface area contributed by atoms with Gasteiger partial charge in [0.25, 0.3) is 0 Å². The first kappa shape index (κ1) is 34.0. The Bertz CT molecular complexity index is 1050. The van der Waals surface area contributed by atoms with Gasteiger partial charge in [0, 0.05) is 43.5 Å². The standard InChI is InChI=1S/C28H39N5.4ClH/c1-22-12-14-23(15-13-22)28-26-21-32(20-25-10-7-11-27(31-28)33(25)26)19-6-5-16-29-17-18-30-24-8-3-2-4-9-24;;;;/h7,10-15,24,29-30H,2-6,8-9,16-21H2,1H3;4*1H. The van der Waals surface area contributed by atoms with E-state index in [0.29, 0.717) is 0 Å². The Hall–Kier alpha value is -1.05. The first-order valence-electron chi connectivity index (χ1n) is 13.0. The molecule has 3 aromatic rings. The van der Waals surface area contributed by atoms with Crippen molar-refractivity contribution in [2.24, 2.45) is 0 Å². The van der Waals surface area contributed by atoms with Crippen molar-refractivity contribution in [2.75, 3.05) is 26.2 Å².